The van der Waals surface area contributed by atoms with Crippen LogP contribution in [0.3, 0.4) is 0 Å². The van der Waals surface area contributed by atoms with Crippen molar-refractivity contribution in [2.24, 2.45) is 0 Å². The van der Waals surface area contributed by atoms with Crippen LogP contribution < -0.4 is 0 Å². The lowest BCUT2D eigenvalue weighted by Gasteiger charge is -2.21. The van der Waals surface area contributed by atoms with Gasteiger partial charge < -0.3 is 0 Å². The lowest BCUT2D eigenvalue weighted by atomic mass is 10.2. The van der Waals surface area contributed by atoms with Gasteiger partial charge in [-0.1, -0.05) is 18.9 Å². The number of rotatable bonds is 3. The lowest BCUT2D eigenvalue weighted by molar-refractivity contribution is 0.271. The van der Waals surface area contributed by atoms with Crippen molar-refractivity contribution in [2.45, 2.75) is 31.7 Å². The van der Waals surface area contributed by atoms with Gasteiger partial charge in [0, 0.05) is 12.6 Å². The van der Waals surface area contributed by atoms with E-state index in [1.54, 1.807) is 0 Å². The molecule has 0 aromatic heterocycles. The average Bonchev–Trinajstić information content (AvgIpc) is 2.38. The van der Waals surface area contributed by atoms with Crippen LogP contribution in [-0.4, -0.2) is 24.5 Å². The summed E-state index contributed by atoms with van der Waals surface area (Å²) in [4.78, 5) is 2.40. The van der Waals surface area contributed by atoms with E-state index >= 15 is 0 Å². The Labute approximate surface area is 63.7 Å². The number of nitrogens with zero attached hydrogens (tertiary/aromatic N) is 1. The fourth-order valence-electron chi connectivity index (χ4n) is 1.70. The Kier molecular flexibility index (Phi) is 2.94. The van der Waals surface area contributed by atoms with Crippen LogP contribution in [0.4, 0.5) is 0 Å². The topological polar surface area (TPSA) is 3.24 Å². The number of hydrogen-bond donors (Lipinski definition) is 0. The van der Waals surface area contributed by atoms with E-state index in [-0.39, 0.29) is 0 Å². The summed E-state index contributed by atoms with van der Waals surface area (Å²) in [6.45, 7) is 4.78. The van der Waals surface area contributed by atoms with Crippen molar-refractivity contribution in [1.82, 2.24) is 4.90 Å². The van der Waals surface area contributed by atoms with Crippen molar-refractivity contribution in [2.75, 3.05) is 13.6 Å². The van der Waals surface area contributed by atoms with Crippen LogP contribution in [0.1, 0.15) is 25.7 Å². The Hall–Kier alpha value is -0.300. The lowest BCUT2D eigenvalue weighted by Crippen LogP contribution is -2.28. The van der Waals surface area contributed by atoms with E-state index < -0.39 is 0 Å². The molecule has 0 amide bonds. The van der Waals surface area contributed by atoms with Crippen molar-refractivity contribution >= 4 is 0 Å². The highest BCUT2D eigenvalue weighted by Crippen LogP contribution is 2.21. The standard InChI is InChI=1S/C9H17N/c1-3-8-10(2)9-6-4-5-7-9/h3,9H,1,4-8H2,2H3. The van der Waals surface area contributed by atoms with Crippen LogP contribution in [0.5, 0.6) is 0 Å². The molecular weight excluding hydrogens is 122 g/mol. The molecule has 0 radical (unpaired) electrons. The molecule has 0 bridgehead atoms. The van der Waals surface area contributed by atoms with Crippen LogP contribution in [0.2, 0.25) is 0 Å². The smallest absolute Gasteiger partial charge is 0.0160 e. The zero-order valence-electron chi connectivity index (χ0n) is 6.84. The first-order valence-corrected chi connectivity index (χ1v) is 4.15. The zero-order valence-corrected chi connectivity index (χ0v) is 6.84. The van der Waals surface area contributed by atoms with Gasteiger partial charge in [-0.25, -0.2) is 0 Å². The van der Waals surface area contributed by atoms with Crippen LogP contribution in [0, 0.1) is 0 Å². The molecule has 1 fully saturated rings. The van der Waals surface area contributed by atoms with Crippen molar-refractivity contribution in [3.63, 3.8) is 0 Å². The quantitative estimate of drug-likeness (QED) is 0.541. The maximum atomic E-state index is 3.73. The maximum absolute atomic E-state index is 3.73. The van der Waals surface area contributed by atoms with Gasteiger partial charge in [-0.2, -0.15) is 0 Å². The third-order valence-electron chi connectivity index (χ3n) is 2.37. The fraction of sp³-hybridized carbons (Fsp3) is 0.778. The Bertz CT molecular complexity index is 103. The molecule has 58 valence electrons. The maximum Gasteiger partial charge on any atom is 0.0160 e. The largest absolute Gasteiger partial charge is 0.300 e. The molecule has 0 heterocycles. The third kappa shape index (κ3) is 1.84. The van der Waals surface area contributed by atoms with Gasteiger partial charge in [0.25, 0.3) is 0 Å². The highest BCUT2D eigenvalue weighted by atomic mass is 15.1. The summed E-state index contributed by atoms with van der Waals surface area (Å²) < 4.78 is 0. The molecule has 0 aromatic rings. The SMILES string of the molecule is C=CCN(C)C1CCCC1. The second-order valence-electron chi connectivity index (χ2n) is 3.17. The van der Waals surface area contributed by atoms with Gasteiger partial charge in [-0.3, -0.25) is 4.90 Å². The van der Waals surface area contributed by atoms with Gasteiger partial charge >= 0.3 is 0 Å². The summed E-state index contributed by atoms with van der Waals surface area (Å²) in [5.41, 5.74) is 0. The highest BCUT2D eigenvalue weighted by Gasteiger charge is 2.17. The van der Waals surface area contributed by atoms with E-state index in [0.29, 0.717) is 0 Å². The van der Waals surface area contributed by atoms with E-state index in [0.717, 1.165) is 12.6 Å². The van der Waals surface area contributed by atoms with E-state index in [2.05, 4.69) is 18.5 Å². The molecule has 10 heavy (non-hydrogen) atoms. The minimum atomic E-state index is 0.845. The minimum Gasteiger partial charge on any atom is -0.300 e. The summed E-state index contributed by atoms with van der Waals surface area (Å²) in [6.07, 6.45) is 7.62. The van der Waals surface area contributed by atoms with Crippen molar-refractivity contribution < 1.29 is 0 Å². The second-order valence-corrected chi connectivity index (χ2v) is 3.17. The van der Waals surface area contributed by atoms with E-state index in [9.17, 15) is 0 Å². The molecule has 0 aromatic carbocycles. The normalized spacial score (nSPS) is 20.2. The van der Waals surface area contributed by atoms with Crippen molar-refractivity contribution in [3.05, 3.63) is 12.7 Å². The first-order valence-electron chi connectivity index (χ1n) is 4.15. The predicted molar refractivity (Wildman–Crippen MR) is 45.1 cm³/mol. The monoisotopic (exact) mass is 139 g/mol. The van der Waals surface area contributed by atoms with E-state index in [1.165, 1.54) is 25.7 Å². The van der Waals surface area contributed by atoms with E-state index in [4.69, 9.17) is 0 Å². The summed E-state index contributed by atoms with van der Waals surface area (Å²) in [6, 6.07) is 0.845. The molecule has 1 aliphatic rings. The summed E-state index contributed by atoms with van der Waals surface area (Å²) in [5.74, 6) is 0. The summed E-state index contributed by atoms with van der Waals surface area (Å²) >= 11 is 0. The van der Waals surface area contributed by atoms with Gasteiger partial charge in [-0.05, 0) is 19.9 Å². The molecule has 1 saturated carbocycles. The Balaban J connectivity index is 2.24. The van der Waals surface area contributed by atoms with Crippen molar-refractivity contribution in [1.29, 1.82) is 0 Å². The summed E-state index contributed by atoms with van der Waals surface area (Å²) in [7, 11) is 2.19. The summed E-state index contributed by atoms with van der Waals surface area (Å²) in [5, 5.41) is 0. The van der Waals surface area contributed by atoms with Crippen LogP contribution in [-0.2, 0) is 0 Å². The molecule has 0 N–H and O–H groups in total. The number of likely N-dealkylation sites (N-methyl/N-ethyl adjacent to an activating group) is 1. The highest BCUT2D eigenvalue weighted by molar-refractivity contribution is 4.80. The van der Waals surface area contributed by atoms with Crippen LogP contribution >= 0.6 is 0 Å². The molecule has 1 nitrogen and oxygen atoms in total. The van der Waals surface area contributed by atoms with Crippen LogP contribution in [0.15, 0.2) is 12.7 Å². The Morgan fingerprint density at radius 2 is 2.10 bits per heavy atom. The van der Waals surface area contributed by atoms with Gasteiger partial charge in [-0.15, -0.1) is 6.58 Å². The van der Waals surface area contributed by atoms with Crippen LogP contribution in [0.25, 0.3) is 0 Å². The zero-order chi connectivity index (χ0) is 7.40. The van der Waals surface area contributed by atoms with Gasteiger partial charge in [0.15, 0.2) is 0 Å². The molecule has 0 unspecified atom stereocenters. The number of hydrogen-bond acceptors (Lipinski definition) is 1. The Morgan fingerprint density at radius 3 is 2.60 bits per heavy atom. The van der Waals surface area contributed by atoms with Crippen molar-refractivity contribution in [3.8, 4) is 0 Å². The van der Waals surface area contributed by atoms with Gasteiger partial charge in [0.2, 0.25) is 0 Å². The molecule has 1 heteroatoms. The molecule has 1 aliphatic carbocycles. The van der Waals surface area contributed by atoms with E-state index in [1.807, 2.05) is 6.08 Å². The Morgan fingerprint density at radius 1 is 1.50 bits per heavy atom. The molecule has 0 atom stereocenters. The molecule has 0 spiro atoms. The third-order valence-corrected chi connectivity index (χ3v) is 2.37. The second kappa shape index (κ2) is 3.77. The molecule has 0 aliphatic heterocycles. The predicted octanol–water partition coefficient (Wildman–Crippen LogP) is 2.05. The first kappa shape index (κ1) is 7.80. The molecule has 0 saturated heterocycles. The minimum absolute atomic E-state index is 0.845. The van der Waals surface area contributed by atoms with Gasteiger partial charge in [0.1, 0.15) is 0 Å². The first-order chi connectivity index (χ1) is 4.84. The molecular formula is C9H17N. The molecule has 1 rings (SSSR count). The van der Waals surface area contributed by atoms with Gasteiger partial charge in [0.05, 0.1) is 0 Å². The average molecular weight is 139 g/mol. The fourth-order valence-corrected chi connectivity index (χ4v) is 1.70.